The van der Waals surface area contributed by atoms with Gasteiger partial charge in [0.25, 0.3) is 0 Å². The fourth-order valence-electron chi connectivity index (χ4n) is 1.52. The van der Waals surface area contributed by atoms with Crippen molar-refractivity contribution in [3.05, 3.63) is 46.7 Å². The summed E-state index contributed by atoms with van der Waals surface area (Å²) in [4.78, 5) is 2.32. The van der Waals surface area contributed by atoms with Crippen molar-refractivity contribution in [1.82, 2.24) is 0 Å². The molecule has 0 aliphatic rings. The zero-order valence-corrected chi connectivity index (χ0v) is 10.9. The molecule has 0 aliphatic carbocycles. The lowest BCUT2D eigenvalue weighted by atomic mass is 10.3. The molecule has 86 valence electrons. The van der Waals surface area contributed by atoms with Crippen LogP contribution >= 0.6 is 34.0 Å². The fourth-order valence-corrected chi connectivity index (χ4v) is 4.28. The van der Waals surface area contributed by atoms with E-state index in [1.165, 1.54) is 34.0 Å². The maximum atomic E-state index is 13.8. The van der Waals surface area contributed by atoms with Gasteiger partial charge in [-0.15, -0.1) is 34.0 Å². The summed E-state index contributed by atoms with van der Waals surface area (Å²) >= 11 is 4.01. The monoisotopic (exact) mass is 284 g/mol. The first kappa shape index (κ1) is 11.1. The van der Waals surface area contributed by atoms with E-state index in [0.717, 1.165) is 9.75 Å². The zero-order chi connectivity index (χ0) is 11.8. The van der Waals surface area contributed by atoms with Crippen LogP contribution in [0, 0.1) is 11.6 Å². The van der Waals surface area contributed by atoms with Gasteiger partial charge in [-0.05, 0) is 22.9 Å². The summed E-state index contributed by atoms with van der Waals surface area (Å²) in [5.41, 5.74) is 0. The molecular formula is C12H6F2S3. The van der Waals surface area contributed by atoms with Crippen LogP contribution in [0.5, 0.6) is 0 Å². The lowest BCUT2D eigenvalue weighted by molar-refractivity contribution is 0.521. The Bertz CT molecular complexity index is 566. The molecule has 0 fully saturated rings. The molecule has 3 rings (SSSR count). The Morgan fingerprint density at radius 1 is 0.765 bits per heavy atom. The quantitative estimate of drug-likeness (QED) is 0.584. The number of hydrogen-bond donors (Lipinski definition) is 0. The van der Waals surface area contributed by atoms with Crippen molar-refractivity contribution in [1.29, 1.82) is 0 Å². The molecule has 17 heavy (non-hydrogen) atoms. The Balaban J connectivity index is 2.18. The van der Waals surface area contributed by atoms with Crippen molar-refractivity contribution in [2.75, 3.05) is 0 Å². The van der Waals surface area contributed by atoms with Crippen LogP contribution in [0.4, 0.5) is 8.78 Å². The Kier molecular flexibility index (Phi) is 2.82. The molecule has 0 unspecified atom stereocenters. The van der Waals surface area contributed by atoms with Gasteiger partial charge >= 0.3 is 0 Å². The molecule has 0 saturated carbocycles. The molecule has 3 aromatic rings. The summed E-state index contributed by atoms with van der Waals surface area (Å²) in [5, 5.41) is 3.72. The molecule has 0 radical (unpaired) electrons. The van der Waals surface area contributed by atoms with E-state index in [9.17, 15) is 8.78 Å². The van der Waals surface area contributed by atoms with Crippen molar-refractivity contribution in [3.8, 4) is 19.5 Å². The van der Waals surface area contributed by atoms with Crippen LogP contribution in [0.2, 0.25) is 0 Å². The number of thiophene rings is 3. The van der Waals surface area contributed by atoms with Gasteiger partial charge in [0, 0.05) is 9.75 Å². The summed E-state index contributed by atoms with van der Waals surface area (Å²) < 4.78 is 27.6. The Labute approximate surface area is 109 Å². The van der Waals surface area contributed by atoms with Crippen molar-refractivity contribution in [3.63, 3.8) is 0 Å². The highest BCUT2D eigenvalue weighted by molar-refractivity contribution is 7.25. The highest BCUT2D eigenvalue weighted by Crippen LogP contribution is 2.42. The number of rotatable bonds is 2. The minimum Gasteiger partial charge on any atom is -0.202 e. The molecule has 0 amide bonds. The third-order valence-electron chi connectivity index (χ3n) is 2.29. The van der Waals surface area contributed by atoms with Gasteiger partial charge in [0.1, 0.15) is 0 Å². The normalized spacial score (nSPS) is 10.9. The van der Waals surface area contributed by atoms with Gasteiger partial charge in [-0.3, -0.25) is 0 Å². The maximum Gasteiger partial charge on any atom is 0.178 e. The largest absolute Gasteiger partial charge is 0.202 e. The molecule has 0 spiro atoms. The smallest absolute Gasteiger partial charge is 0.178 e. The second kappa shape index (κ2) is 4.33. The van der Waals surface area contributed by atoms with Gasteiger partial charge in [0.15, 0.2) is 11.6 Å². The predicted octanol–water partition coefficient (Wildman–Crippen LogP) is 5.48. The van der Waals surface area contributed by atoms with Crippen LogP contribution in [0.3, 0.4) is 0 Å². The van der Waals surface area contributed by atoms with E-state index in [4.69, 9.17) is 0 Å². The van der Waals surface area contributed by atoms with Crippen molar-refractivity contribution in [2.24, 2.45) is 0 Å². The number of hydrogen-bond acceptors (Lipinski definition) is 3. The lowest BCUT2D eigenvalue weighted by Gasteiger charge is -1.89. The predicted molar refractivity (Wildman–Crippen MR) is 70.9 cm³/mol. The van der Waals surface area contributed by atoms with Gasteiger partial charge in [0.05, 0.1) is 9.75 Å². The van der Waals surface area contributed by atoms with E-state index in [-0.39, 0.29) is 0 Å². The first-order valence-electron chi connectivity index (χ1n) is 4.83. The summed E-state index contributed by atoms with van der Waals surface area (Å²) in [6.07, 6.45) is 0. The van der Waals surface area contributed by atoms with Crippen LogP contribution in [0.15, 0.2) is 35.0 Å². The molecule has 0 bridgehead atoms. The highest BCUT2D eigenvalue weighted by atomic mass is 32.1. The second-order valence-electron chi connectivity index (χ2n) is 3.34. The third kappa shape index (κ3) is 1.84. The standard InChI is InChI=1S/C12H6F2S3/c13-9-10(14)12(8-4-2-6-16-8)17-11(9)7-3-1-5-15-7/h1-6H. The summed E-state index contributed by atoms with van der Waals surface area (Å²) in [7, 11) is 0. The first-order chi connectivity index (χ1) is 8.27. The van der Waals surface area contributed by atoms with E-state index in [1.807, 2.05) is 22.9 Å². The van der Waals surface area contributed by atoms with E-state index < -0.39 is 11.6 Å². The van der Waals surface area contributed by atoms with E-state index in [2.05, 4.69) is 0 Å². The van der Waals surface area contributed by atoms with Crippen molar-refractivity contribution < 1.29 is 8.78 Å². The van der Waals surface area contributed by atoms with E-state index in [0.29, 0.717) is 9.75 Å². The molecule has 3 aromatic heterocycles. The fraction of sp³-hybridized carbons (Fsp3) is 0. The van der Waals surface area contributed by atoms with Crippen molar-refractivity contribution >= 4 is 34.0 Å². The van der Waals surface area contributed by atoms with Crippen LogP contribution in [-0.2, 0) is 0 Å². The molecule has 0 nitrogen and oxygen atoms in total. The Morgan fingerprint density at radius 2 is 1.24 bits per heavy atom. The average molecular weight is 284 g/mol. The highest BCUT2D eigenvalue weighted by Gasteiger charge is 2.21. The van der Waals surface area contributed by atoms with Crippen molar-refractivity contribution in [2.45, 2.75) is 0 Å². The molecule has 5 heteroatoms. The minimum absolute atomic E-state index is 0.390. The number of halogens is 2. The van der Waals surface area contributed by atoms with E-state index in [1.54, 1.807) is 12.1 Å². The van der Waals surface area contributed by atoms with E-state index >= 15 is 0 Å². The molecule has 3 heterocycles. The van der Waals surface area contributed by atoms with Crippen LogP contribution in [0.1, 0.15) is 0 Å². The van der Waals surface area contributed by atoms with Crippen LogP contribution in [0.25, 0.3) is 19.5 Å². The zero-order valence-electron chi connectivity index (χ0n) is 8.44. The molecule has 0 aromatic carbocycles. The van der Waals surface area contributed by atoms with Gasteiger partial charge in [-0.2, -0.15) is 0 Å². The molecule has 0 saturated heterocycles. The average Bonchev–Trinajstić information content (AvgIpc) is 3.02. The topological polar surface area (TPSA) is 0 Å². The first-order valence-corrected chi connectivity index (χ1v) is 7.40. The Morgan fingerprint density at radius 3 is 1.59 bits per heavy atom. The van der Waals surface area contributed by atoms with Gasteiger partial charge < -0.3 is 0 Å². The summed E-state index contributed by atoms with van der Waals surface area (Å²) in [5.74, 6) is -1.47. The molecule has 0 aliphatic heterocycles. The van der Waals surface area contributed by atoms with Crippen LogP contribution in [-0.4, -0.2) is 0 Å². The lowest BCUT2D eigenvalue weighted by Crippen LogP contribution is -1.78. The molecule has 0 atom stereocenters. The second-order valence-corrected chi connectivity index (χ2v) is 6.26. The van der Waals surface area contributed by atoms with Gasteiger partial charge in [-0.1, -0.05) is 12.1 Å². The minimum atomic E-state index is -0.735. The SMILES string of the molecule is Fc1c(-c2cccs2)sc(-c2cccs2)c1F. The Hall–Kier alpha value is -1.04. The summed E-state index contributed by atoms with van der Waals surface area (Å²) in [6.45, 7) is 0. The molecule has 0 N–H and O–H groups in total. The van der Waals surface area contributed by atoms with Gasteiger partial charge in [0.2, 0.25) is 0 Å². The van der Waals surface area contributed by atoms with Gasteiger partial charge in [-0.25, -0.2) is 8.78 Å². The maximum absolute atomic E-state index is 13.8. The molecular weight excluding hydrogens is 278 g/mol. The van der Waals surface area contributed by atoms with Crippen LogP contribution < -0.4 is 0 Å². The third-order valence-corrected chi connectivity index (χ3v) is 5.53. The summed E-state index contributed by atoms with van der Waals surface area (Å²) in [6, 6.07) is 7.28.